The summed E-state index contributed by atoms with van der Waals surface area (Å²) in [7, 11) is 4.53. The normalized spacial score (nSPS) is 15.2. The molecule has 0 radical (unpaired) electrons. The quantitative estimate of drug-likeness (QED) is 0.871. The van der Waals surface area contributed by atoms with Crippen molar-refractivity contribution >= 4 is 5.91 Å². The maximum atomic E-state index is 12.1. The van der Waals surface area contributed by atoms with Gasteiger partial charge in [-0.2, -0.15) is 5.26 Å². The zero-order valence-corrected chi connectivity index (χ0v) is 13.0. The number of benzene rings is 1. The van der Waals surface area contributed by atoms with Gasteiger partial charge < -0.3 is 19.5 Å². The van der Waals surface area contributed by atoms with Gasteiger partial charge in [0.15, 0.2) is 11.5 Å². The maximum Gasteiger partial charge on any atom is 0.224 e. The predicted molar refractivity (Wildman–Crippen MR) is 79.9 cm³/mol. The number of nitrogens with one attached hydrogen (secondary N) is 1. The molecule has 22 heavy (non-hydrogen) atoms. The maximum absolute atomic E-state index is 12.1. The molecule has 118 valence electrons. The van der Waals surface area contributed by atoms with Crippen molar-refractivity contribution in [3.8, 4) is 23.3 Å². The molecule has 0 aliphatic heterocycles. The summed E-state index contributed by atoms with van der Waals surface area (Å²) in [6, 6.07) is 4.71. The van der Waals surface area contributed by atoms with E-state index in [1.807, 2.05) is 0 Å². The Balaban J connectivity index is 2.28. The molecule has 1 atom stereocenters. The Morgan fingerprint density at radius 3 is 2.18 bits per heavy atom. The smallest absolute Gasteiger partial charge is 0.224 e. The summed E-state index contributed by atoms with van der Waals surface area (Å²) in [5.41, 5.74) is 0.602. The van der Waals surface area contributed by atoms with Crippen LogP contribution in [0.2, 0.25) is 0 Å². The highest BCUT2D eigenvalue weighted by Crippen LogP contribution is 2.39. The Hall–Kier alpha value is -2.42. The van der Waals surface area contributed by atoms with Crippen molar-refractivity contribution in [2.24, 2.45) is 5.92 Å². The molecule has 1 aliphatic rings. The molecule has 1 aromatic carbocycles. The molecule has 0 heterocycles. The molecule has 1 aliphatic carbocycles. The van der Waals surface area contributed by atoms with E-state index in [4.69, 9.17) is 14.2 Å². The molecular formula is C16H20N2O4. The SMILES string of the molecule is COc1cc([C@H](C#N)NC(=O)C2CCC2)cc(OC)c1OC. The number of rotatable bonds is 6. The highest BCUT2D eigenvalue weighted by molar-refractivity contribution is 5.80. The molecule has 0 aromatic heterocycles. The van der Waals surface area contributed by atoms with Crippen molar-refractivity contribution in [2.45, 2.75) is 25.3 Å². The fourth-order valence-corrected chi connectivity index (χ4v) is 2.39. The van der Waals surface area contributed by atoms with Crippen LogP contribution >= 0.6 is 0 Å². The highest BCUT2D eigenvalue weighted by Gasteiger charge is 2.28. The molecule has 1 N–H and O–H groups in total. The predicted octanol–water partition coefficient (Wildman–Crippen LogP) is 2.19. The van der Waals surface area contributed by atoms with E-state index in [-0.39, 0.29) is 11.8 Å². The Bertz CT molecular complexity index is 565. The van der Waals surface area contributed by atoms with Gasteiger partial charge in [0.05, 0.1) is 27.4 Å². The molecule has 0 saturated heterocycles. The number of ether oxygens (including phenoxy) is 3. The van der Waals surface area contributed by atoms with Crippen LogP contribution in [0.3, 0.4) is 0 Å². The van der Waals surface area contributed by atoms with E-state index in [1.54, 1.807) is 12.1 Å². The van der Waals surface area contributed by atoms with Gasteiger partial charge in [0.1, 0.15) is 6.04 Å². The van der Waals surface area contributed by atoms with Crippen LogP contribution in [-0.4, -0.2) is 27.2 Å². The van der Waals surface area contributed by atoms with Crippen molar-refractivity contribution in [1.29, 1.82) is 5.26 Å². The van der Waals surface area contributed by atoms with Crippen molar-refractivity contribution in [1.82, 2.24) is 5.32 Å². The van der Waals surface area contributed by atoms with E-state index in [0.29, 0.717) is 22.8 Å². The number of hydrogen-bond acceptors (Lipinski definition) is 5. The van der Waals surface area contributed by atoms with E-state index < -0.39 is 6.04 Å². The van der Waals surface area contributed by atoms with Crippen LogP contribution in [0.25, 0.3) is 0 Å². The molecule has 1 amide bonds. The number of carbonyl (C=O) groups is 1. The van der Waals surface area contributed by atoms with Crippen LogP contribution < -0.4 is 19.5 Å². The van der Waals surface area contributed by atoms with Gasteiger partial charge in [0.2, 0.25) is 11.7 Å². The number of amides is 1. The number of carbonyl (C=O) groups excluding carboxylic acids is 1. The fraction of sp³-hybridized carbons (Fsp3) is 0.500. The summed E-state index contributed by atoms with van der Waals surface area (Å²) < 4.78 is 15.8. The minimum atomic E-state index is -0.748. The number of nitriles is 1. The highest BCUT2D eigenvalue weighted by atomic mass is 16.5. The van der Waals surface area contributed by atoms with Gasteiger partial charge in [-0.25, -0.2) is 0 Å². The van der Waals surface area contributed by atoms with Gasteiger partial charge in [-0.3, -0.25) is 4.79 Å². The van der Waals surface area contributed by atoms with Crippen LogP contribution in [0.5, 0.6) is 17.2 Å². The summed E-state index contributed by atoms with van der Waals surface area (Å²) in [5, 5.41) is 12.1. The Morgan fingerprint density at radius 2 is 1.82 bits per heavy atom. The van der Waals surface area contributed by atoms with E-state index in [0.717, 1.165) is 19.3 Å². The van der Waals surface area contributed by atoms with Crippen molar-refractivity contribution < 1.29 is 19.0 Å². The van der Waals surface area contributed by atoms with Gasteiger partial charge in [-0.05, 0) is 30.5 Å². The first-order chi connectivity index (χ1) is 10.6. The van der Waals surface area contributed by atoms with Crippen molar-refractivity contribution in [2.75, 3.05) is 21.3 Å². The lowest BCUT2D eigenvalue weighted by atomic mass is 9.84. The second kappa shape index (κ2) is 7.03. The summed E-state index contributed by atoms with van der Waals surface area (Å²) in [6.07, 6.45) is 2.85. The number of methoxy groups -OCH3 is 3. The number of nitrogens with zero attached hydrogens (tertiary/aromatic N) is 1. The monoisotopic (exact) mass is 304 g/mol. The molecule has 1 aromatic rings. The lowest BCUT2D eigenvalue weighted by Gasteiger charge is -2.25. The Morgan fingerprint density at radius 1 is 1.23 bits per heavy atom. The van der Waals surface area contributed by atoms with E-state index in [1.165, 1.54) is 21.3 Å². The molecule has 1 fully saturated rings. The average Bonchev–Trinajstić information content (AvgIpc) is 2.49. The summed E-state index contributed by atoms with van der Waals surface area (Å²) in [6.45, 7) is 0. The summed E-state index contributed by atoms with van der Waals surface area (Å²) >= 11 is 0. The van der Waals surface area contributed by atoms with E-state index in [2.05, 4.69) is 11.4 Å². The van der Waals surface area contributed by atoms with Gasteiger partial charge in [-0.1, -0.05) is 6.42 Å². The largest absolute Gasteiger partial charge is 0.493 e. The standard InChI is InChI=1S/C16H20N2O4/c1-20-13-7-11(8-14(21-2)15(13)22-3)12(9-17)18-16(19)10-5-4-6-10/h7-8,10,12H,4-6H2,1-3H3,(H,18,19)/t12-/m0/s1. The molecule has 0 spiro atoms. The molecule has 0 unspecified atom stereocenters. The van der Waals surface area contributed by atoms with E-state index >= 15 is 0 Å². The first-order valence-electron chi connectivity index (χ1n) is 7.14. The molecule has 0 bridgehead atoms. The van der Waals surface area contributed by atoms with Crippen LogP contribution in [-0.2, 0) is 4.79 Å². The number of hydrogen-bond donors (Lipinski definition) is 1. The van der Waals surface area contributed by atoms with Crippen LogP contribution in [0.4, 0.5) is 0 Å². The summed E-state index contributed by atoms with van der Waals surface area (Å²) in [5.74, 6) is 1.31. The second-order valence-electron chi connectivity index (χ2n) is 5.16. The lowest BCUT2D eigenvalue weighted by molar-refractivity contribution is -0.127. The topological polar surface area (TPSA) is 80.6 Å². The van der Waals surface area contributed by atoms with Crippen LogP contribution in [0.15, 0.2) is 12.1 Å². The summed E-state index contributed by atoms with van der Waals surface area (Å²) in [4.78, 5) is 12.1. The molecule has 6 heteroatoms. The average molecular weight is 304 g/mol. The Kier molecular flexibility index (Phi) is 5.10. The van der Waals surface area contributed by atoms with Crippen molar-refractivity contribution in [3.05, 3.63) is 17.7 Å². The van der Waals surface area contributed by atoms with Crippen LogP contribution in [0.1, 0.15) is 30.9 Å². The fourth-order valence-electron chi connectivity index (χ4n) is 2.39. The third-order valence-corrected chi connectivity index (χ3v) is 3.91. The second-order valence-corrected chi connectivity index (χ2v) is 5.16. The molecular weight excluding hydrogens is 284 g/mol. The first kappa shape index (κ1) is 16.0. The van der Waals surface area contributed by atoms with Gasteiger partial charge in [0.25, 0.3) is 0 Å². The third-order valence-electron chi connectivity index (χ3n) is 3.91. The zero-order chi connectivity index (χ0) is 16.1. The lowest BCUT2D eigenvalue weighted by Crippen LogP contribution is -2.36. The zero-order valence-electron chi connectivity index (χ0n) is 13.0. The van der Waals surface area contributed by atoms with Gasteiger partial charge in [0, 0.05) is 5.92 Å². The Labute approximate surface area is 130 Å². The molecule has 6 nitrogen and oxygen atoms in total. The molecule has 1 saturated carbocycles. The van der Waals surface area contributed by atoms with Crippen LogP contribution in [0, 0.1) is 17.2 Å². The van der Waals surface area contributed by atoms with E-state index in [9.17, 15) is 10.1 Å². The van der Waals surface area contributed by atoms with Gasteiger partial charge in [-0.15, -0.1) is 0 Å². The van der Waals surface area contributed by atoms with Gasteiger partial charge >= 0.3 is 0 Å². The minimum Gasteiger partial charge on any atom is -0.493 e. The third kappa shape index (κ3) is 3.08. The van der Waals surface area contributed by atoms with Crippen molar-refractivity contribution in [3.63, 3.8) is 0 Å². The first-order valence-corrected chi connectivity index (χ1v) is 7.14. The minimum absolute atomic E-state index is 0.0258. The molecule has 2 rings (SSSR count).